The van der Waals surface area contributed by atoms with Gasteiger partial charge in [0.15, 0.2) is 23.3 Å². The van der Waals surface area contributed by atoms with Gasteiger partial charge in [-0.05, 0) is 48.8 Å². The van der Waals surface area contributed by atoms with Crippen LogP contribution in [-0.2, 0) is 0 Å². The molecule has 144 valence electrons. The molecule has 1 aromatic heterocycles. The Balaban J connectivity index is 2.41. The minimum absolute atomic E-state index is 0.0940. The number of amides is 2. The molecule has 0 radical (unpaired) electrons. The van der Waals surface area contributed by atoms with Crippen molar-refractivity contribution in [2.24, 2.45) is 0 Å². The van der Waals surface area contributed by atoms with Crippen LogP contribution in [0, 0.1) is 23.3 Å². The van der Waals surface area contributed by atoms with Crippen molar-refractivity contribution in [3.05, 3.63) is 63.4 Å². The molecule has 1 N–H and O–H groups in total. The van der Waals surface area contributed by atoms with Crippen molar-refractivity contribution in [3.8, 4) is 0 Å². The van der Waals surface area contributed by atoms with Gasteiger partial charge >= 0.3 is 0 Å². The molecular weight excluding hydrogens is 434 g/mol. The summed E-state index contributed by atoms with van der Waals surface area (Å²) in [6.07, 6.45) is 2.69. The van der Waals surface area contributed by atoms with Gasteiger partial charge in [0, 0.05) is 16.9 Å². The van der Waals surface area contributed by atoms with E-state index in [1.165, 1.54) is 18.5 Å². The van der Waals surface area contributed by atoms with E-state index in [1.807, 2.05) is 0 Å². The molecule has 0 saturated heterocycles. The highest BCUT2D eigenvalue weighted by molar-refractivity contribution is 9.10. The number of halogens is 5. The zero-order valence-electron chi connectivity index (χ0n) is 14.4. The number of rotatable bonds is 2. The van der Waals surface area contributed by atoms with Crippen molar-refractivity contribution < 1.29 is 27.2 Å². The molecule has 0 atom stereocenters. The lowest BCUT2D eigenvalue weighted by Gasteiger charge is -2.35. The van der Waals surface area contributed by atoms with E-state index in [2.05, 4.69) is 26.3 Å². The fourth-order valence-corrected chi connectivity index (χ4v) is 2.45. The standard InChI is InChI=1S/C17H14BrF4N3O2/c1-17(2,3)25(16(27)8-4-9(18)7-23-6-8)24-15(26)10-5-11(19)13(21)14(22)12(10)20/h4-7H,1-3H3,(H,24,26). The second kappa shape index (κ2) is 7.63. The summed E-state index contributed by atoms with van der Waals surface area (Å²) < 4.78 is 54.2. The molecule has 1 aromatic carbocycles. The summed E-state index contributed by atoms with van der Waals surface area (Å²) in [6, 6.07) is 1.66. The van der Waals surface area contributed by atoms with Gasteiger partial charge in [-0.15, -0.1) is 0 Å². The Hall–Kier alpha value is -2.49. The highest BCUT2D eigenvalue weighted by atomic mass is 79.9. The van der Waals surface area contributed by atoms with Gasteiger partial charge in [-0.3, -0.25) is 20.0 Å². The number of hydrazine groups is 1. The molecule has 0 unspecified atom stereocenters. The van der Waals surface area contributed by atoms with Crippen LogP contribution in [0.4, 0.5) is 17.6 Å². The molecule has 2 rings (SSSR count). The highest BCUT2D eigenvalue weighted by Crippen LogP contribution is 2.21. The second-order valence-corrected chi connectivity index (χ2v) is 7.41. The van der Waals surface area contributed by atoms with Crippen molar-refractivity contribution in [1.82, 2.24) is 15.4 Å². The maximum Gasteiger partial charge on any atom is 0.274 e. The lowest BCUT2D eigenvalue weighted by Crippen LogP contribution is -2.56. The number of aromatic nitrogens is 1. The molecule has 27 heavy (non-hydrogen) atoms. The van der Waals surface area contributed by atoms with E-state index in [9.17, 15) is 27.2 Å². The predicted octanol–water partition coefficient (Wildman–Crippen LogP) is 3.99. The largest absolute Gasteiger partial charge is 0.274 e. The van der Waals surface area contributed by atoms with Crippen LogP contribution in [0.15, 0.2) is 29.0 Å². The second-order valence-electron chi connectivity index (χ2n) is 6.49. The number of carbonyl (C=O) groups is 2. The van der Waals surface area contributed by atoms with E-state index < -0.39 is 46.2 Å². The van der Waals surface area contributed by atoms with Gasteiger partial charge < -0.3 is 0 Å². The number of hydrogen-bond donors (Lipinski definition) is 1. The van der Waals surface area contributed by atoms with Crippen molar-refractivity contribution in [2.45, 2.75) is 26.3 Å². The molecule has 1 heterocycles. The van der Waals surface area contributed by atoms with Crippen LogP contribution < -0.4 is 5.43 Å². The molecule has 2 aromatic rings. The first kappa shape index (κ1) is 20.8. The molecule has 0 aliphatic rings. The molecule has 0 fully saturated rings. The molecule has 0 bridgehead atoms. The lowest BCUT2D eigenvalue weighted by atomic mass is 10.1. The molecule has 0 aliphatic heterocycles. The molecule has 5 nitrogen and oxygen atoms in total. The number of carbonyl (C=O) groups excluding carboxylic acids is 2. The van der Waals surface area contributed by atoms with E-state index in [1.54, 1.807) is 20.8 Å². The van der Waals surface area contributed by atoms with Gasteiger partial charge in [0.2, 0.25) is 0 Å². The summed E-state index contributed by atoms with van der Waals surface area (Å²) in [6.45, 7) is 4.70. The summed E-state index contributed by atoms with van der Waals surface area (Å²) in [5, 5.41) is 0.859. The average molecular weight is 448 g/mol. The van der Waals surface area contributed by atoms with Crippen molar-refractivity contribution in [2.75, 3.05) is 0 Å². The van der Waals surface area contributed by atoms with E-state index in [0.29, 0.717) is 4.47 Å². The Morgan fingerprint density at radius 3 is 2.22 bits per heavy atom. The van der Waals surface area contributed by atoms with Crippen LogP contribution in [0.25, 0.3) is 0 Å². The van der Waals surface area contributed by atoms with Gasteiger partial charge in [-0.1, -0.05) is 0 Å². The predicted molar refractivity (Wildman–Crippen MR) is 91.6 cm³/mol. The van der Waals surface area contributed by atoms with E-state index >= 15 is 0 Å². The van der Waals surface area contributed by atoms with Crippen molar-refractivity contribution in [3.63, 3.8) is 0 Å². The summed E-state index contributed by atoms with van der Waals surface area (Å²) in [5.41, 5.74) is 0.126. The molecule has 0 saturated carbocycles. The van der Waals surface area contributed by atoms with Gasteiger partial charge in [-0.25, -0.2) is 22.6 Å². The molecule has 0 spiro atoms. The Morgan fingerprint density at radius 2 is 1.67 bits per heavy atom. The van der Waals surface area contributed by atoms with Crippen molar-refractivity contribution >= 4 is 27.7 Å². The van der Waals surface area contributed by atoms with E-state index in [0.717, 1.165) is 5.01 Å². The number of nitrogens with zero attached hydrogens (tertiary/aromatic N) is 2. The monoisotopic (exact) mass is 447 g/mol. The molecule has 2 amide bonds. The van der Waals surface area contributed by atoms with E-state index in [-0.39, 0.29) is 11.6 Å². The Kier molecular flexibility index (Phi) is 5.88. The number of nitrogens with one attached hydrogen (secondary N) is 1. The average Bonchev–Trinajstić information content (AvgIpc) is 2.59. The first-order valence-corrected chi connectivity index (χ1v) is 8.32. The fourth-order valence-electron chi connectivity index (χ4n) is 2.08. The van der Waals surface area contributed by atoms with Crippen LogP contribution in [-0.4, -0.2) is 27.3 Å². The van der Waals surface area contributed by atoms with Crippen molar-refractivity contribution in [1.29, 1.82) is 0 Å². The van der Waals surface area contributed by atoms with Gasteiger partial charge in [0.05, 0.1) is 16.7 Å². The third kappa shape index (κ3) is 4.44. The highest BCUT2D eigenvalue weighted by Gasteiger charge is 2.32. The molecule has 0 aliphatic carbocycles. The minimum atomic E-state index is -2.12. The van der Waals surface area contributed by atoms with Crippen LogP contribution in [0.5, 0.6) is 0 Å². The maximum atomic E-state index is 13.9. The smallest absolute Gasteiger partial charge is 0.267 e. The number of benzene rings is 1. The lowest BCUT2D eigenvalue weighted by molar-refractivity contribution is 0.0356. The summed E-state index contributed by atoms with van der Waals surface area (Å²) in [4.78, 5) is 28.9. The number of pyridine rings is 1. The third-order valence-corrected chi connectivity index (χ3v) is 3.82. The Morgan fingerprint density at radius 1 is 1.04 bits per heavy atom. The van der Waals surface area contributed by atoms with Crippen LogP contribution in [0.1, 0.15) is 41.5 Å². The maximum absolute atomic E-state index is 13.9. The Labute approximate surface area is 160 Å². The topological polar surface area (TPSA) is 62.3 Å². The minimum Gasteiger partial charge on any atom is -0.267 e. The third-order valence-electron chi connectivity index (χ3n) is 3.39. The Bertz CT molecular complexity index is 916. The van der Waals surface area contributed by atoms with Gasteiger partial charge in [0.25, 0.3) is 11.8 Å². The number of hydrogen-bond acceptors (Lipinski definition) is 3. The first-order chi connectivity index (χ1) is 12.4. The summed E-state index contributed by atoms with van der Waals surface area (Å²) in [7, 11) is 0. The van der Waals surface area contributed by atoms with E-state index in [4.69, 9.17) is 0 Å². The molecular formula is C17H14BrF4N3O2. The quantitative estimate of drug-likeness (QED) is 0.327. The van der Waals surface area contributed by atoms with Crippen LogP contribution >= 0.6 is 15.9 Å². The SMILES string of the molecule is CC(C)(C)N(NC(=O)c1cc(F)c(F)c(F)c1F)C(=O)c1cncc(Br)c1. The summed E-state index contributed by atoms with van der Waals surface area (Å²) in [5.74, 6) is -9.77. The zero-order valence-corrected chi connectivity index (χ0v) is 16.0. The van der Waals surface area contributed by atoms with Gasteiger partial charge in [-0.2, -0.15) is 0 Å². The zero-order chi connectivity index (χ0) is 20.5. The van der Waals surface area contributed by atoms with Gasteiger partial charge in [0.1, 0.15) is 0 Å². The summed E-state index contributed by atoms with van der Waals surface area (Å²) >= 11 is 3.16. The first-order valence-electron chi connectivity index (χ1n) is 7.52. The van der Waals surface area contributed by atoms with Crippen LogP contribution in [0.3, 0.4) is 0 Å². The normalized spacial score (nSPS) is 11.3. The molecule has 10 heteroatoms. The fraction of sp³-hybridized carbons (Fsp3) is 0.235. The van der Waals surface area contributed by atoms with Crippen LogP contribution in [0.2, 0.25) is 0 Å².